The Hall–Kier alpha value is -1.93. The molecule has 146 valence electrons. The highest BCUT2D eigenvalue weighted by Crippen LogP contribution is 2.41. The Morgan fingerprint density at radius 1 is 1.11 bits per heavy atom. The predicted octanol–water partition coefficient (Wildman–Crippen LogP) is 1.08. The van der Waals surface area contributed by atoms with Crippen LogP contribution in [0.1, 0.15) is 43.2 Å². The molecule has 2 saturated heterocycles. The lowest BCUT2D eigenvalue weighted by atomic mass is 9.68. The molecule has 2 heterocycles. The molecule has 1 unspecified atom stereocenters. The normalized spacial score (nSPS) is 27.1. The lowest BCUT2D eigenvalue weighted by molar-refractivity contribution is -0.142. The number of nitrogens with zero attached hydrogens (tertiary/aromatic N) is 2. The third kappa shape index (κ3) is 3.04. The summed E-state index contributed by atoms with van der Waals surface area (Å²) in [6, 6.07) is 7.34. The van der Waals surface area contributed by atoms with Crippen LogP contribution in [-0.2, 0) is 25.2 Å². The highest BCUT2D eigenvalue weighted by Gasteiger charge is 2.50. The lowest BCUT2D eigenvalue weighted by Crippen LogP contribution is -2.58. The Labute approximate surface area is 159 Å². The van der Waals surface area contributed by atoms with Crippen LogP contribution in [0.25, 0.3) is 0 Å². The van der Waals surface area contributed by atoms with E-state index in [4.69, 9.17) is 0 Å². The first-order valence-corrected chi connectivity index (χ1v) is 11.0. The van der Waals surface area contributed by atoms with Crippen molar-refractivity contribution in [3.8, 4) is 0 Å². The number of carbonyl (C=O) groups excluding carboxylic acids is 2. The van der Waals surface area contributed by atoms with E-state index in [1.54, 1.807) is 4.90 Å². The molecule has 3 aliphatic rings. The van der Waals surface area contributed by atoms with Gasteiger partial charge in [0.25, 0.3) is 5.91 Å². The Kier molecular flexibility index (Phi) is 4.50. The zero-order valence-electron chi connectivity index (χ0n) is 15.5. The summed E-state index contributed by atoms with van der Waals surface area (Å²) in [6.07, 6.45) is 4.71. The second kappa shape index (κ2) is 6.60. The lowest BCUT2D eigenvalue weighted by Gasteiger charge is -2.43. The molecular weight excluding hydrogens is 366 g/mol. The number of nitrogens with one attached hydrogen (secondary N) is 1. The summed E-state index contributed by atoms with van der Waals surface area (Å²) in [5.74, 6) is -0.511. The fourth-order valence-electron chi connectivity index (χ4n) is 4.66. The van der Waals surface area contributed by atoms with Crippen LogP contribution in [0.5, 0.6) is 0 Å². The second-order valence-corrected chi connectivity index (χ2v) is 9.48. The molecule has 1 aliphatic carbocycles. The number of benzene rings is 1. The van der Waals surface area contributed by atoms with Crippen LogP contribution < -0.4 is 4.72 Å². The van der Waals surface area contributed by atoms with Crippen LogP contribution in [0.15, 0.2) is 24.3 Å². The van der Waals surface area contributed by atoms with Gasteiger partial charge in [0.1, 0.15) is 6.04 Å². The number of hydrogen-bond acceptors (Lipinski definition) is 4. The van der Waals surface area contributed by atoms with Crippen molar-refractivity contribution in [1.29, 1.82) is 0 Å². The summed E-state index contributed by atoms with van der Waals surface area (Å²) in [4.78, 5) is 27.4. The van der Waals surface area contributed by atoms with E-state index in [1.807, 2.05) is 35.9 Å². The average molecular weight is 391 g/mol. The monoisotopic (exact) mass is 391 g/mol. The summed E-state index contributed by atoms with van der Waals surface area (Å²) in [5, 5.41) is 0. The summed E-state index contributed by atoms with van der Waals surface area (Å²) in [5.41, 5.74) is 1.62. The van der Waals surface area contributed by atoms with Crippen LogP contribution in [0.3, 0.4) is 0 Å². The summed E-state index contributed by atoms with van der Waals surface area (Å²) in [6.45, 7) is 2.62. The van der Waals surface area contributed by atoms with Gasteiger partial charge in [0, 0.05) is 19.6 Å². The van der Waals surface area contributed by atoms with Crippen molar-refractivity contribution in [1.82, 2.24) is 13.9 Å². The fraction of sp³-hybridized carbons (Fsp3) is 0.579. The first kappa shape index (κ1) is 18.4. The quantitative estimate of drug-likeness (QED) is 0.817. The number of carbonyl (C=O) groups is 2. The van der Waals surface area contributed by atoms with E-state index in [-0.39, 0.29) is 19.0 Å². The third-order valence-corrected chi connectivity index (χ3v) is 7.69. The molecule has 0 radical (unpaired) electrons. The minimum atomic E-state index is -3.75. The van der Waals surface area contributed by atoms with Crippen molar-refractivity contribution < 1.29 is 18.0 Å². The van der Waals surface area contributed by atoms with Gasteiger partial charge in [-0.05, 0) is 25.3 Å². The van der Waals surface area contributed by atoms with Crippen molar-refractivity contribution in [2.24, 2.45) is 0 Å². The molecule has 0 bridgehead atoms. The Balaban J connectivity index is 1.63. The van der Waals surface area contributed by atoms with Gasteiger partial charge in [-0.2, -0.15) is 12.7 Å². The summed E-state index contributed by atoms with van der Waals surface area (Å²) in [7, 11) is -3.75. The van der Waals surface area contributed by atoms with Gasteiger partial charge in [0.15, 0.2) is 0 Å². The standard InChI is InChI=1S/C19H25N3O4S/c1-14-5-7-15(8-6-14)19(9-3-2-4-10-19)18(24)21-11-12-22-16(13-21)17(23)20-27(22,25)26/h5-8,16H,2-4,9-13H2,1H3,(H,20,23). The highest BCUT2D eigenvalue weighted by molar-refractivity contribution is 7.88. The van der Waals surface area contributed by atoms with Gasteiger partial charge in [-0.1, -0.05) is 49.1 Å². The van der Waals surface area contributed by atoms with Crippen molar-refractivity contribution in [3.63, 3.8) is 0 Å². The highest BCUT2D eigenvalue weighted by atomic mass is 32.2. The topological polar surface area (TPSA) is 86.8 Å². The number of hydrogen-bond donors (Lipinski definition) is 1. The smallest absolute Gasteiger partial charge is 0.304 e. The van der Waals surface area contributed by atoms with E-state index >= 15 is 0 Å². The molecule has 1 N–H and O–H groups in total. The number of aryl methyl sites for hydroxylation is 1. The molecule has 4 rings (SSSR count). The third-order valence-electron chi connectivity index (χ3n) is 6.18. The molecule has 0 aromatic heterocycles. The van der Waals surface area contributed by atoms with Crippen LogP contribution in [-0.4, -0.2) is 55.1 Å². The molecular formula is C19H25N3O4S. The van der Waals surface area contributed by atoms with Crippen LogP contribution >= 0.6 is 0 Å². The van der Waals surface area contributed by atoms with Crippen LogP contribution in [0.2, 0.25) is 0 Å². The number of rotatable bonds is 2. The maximum Gasteiger partial charge on any atom is 0.304 e. The largest absolute Gasteiger partial charge is 0.338 e. The molecule has 2 amide bonds. The molecule has 8 heteroatoms. The van der Waals surface area contributed by atoms with Crippen molar-refractivity contribution in [2.45, 2.75) is 50.5 Å². The van der Waals surface area contributed by atoms with E-state index in [9.17, 15) is 18.0 Å². The van der Waals surface area contributed by atoms with E-state index in [0.29, 0.717) is 6.54 Å². The Morgan fingerprint density at radius 3 is 2.44 bits per heavy atom. The molecule has 1 atom stereocenters. The van der Waals surface area contributed by atoms with Gasteiger partial charge in [-0.15, -0.1) is 0 Å². The Bertz CT molecular complexity index is 859. The van der Waals surface area contributed by atoms with Crippen molar-refractivity contribution >= 4 is 22.0 Å². The minimum Gasteiger partial charge on any atom is -0.338 e. The average Bonchev–Trinajstić information content (AvgIpc) is 2.90. The van der Waals surface area contributed by atoms with E-state index in [1.165, 1.54) is 4.31 Å². The first-order chi connectivity index (χ1) is 12.8. The van der Waals surface area contributed by atoms with Gasteiger partial charge >= 0.3 is 10.2 Å². The van der Waals surface area contributed by atoms with Gasteiger partial charge in [0.05, 0.1) is 5.41 Å². The number of piperazine rings is 1. The molecule has 2 aliphatic heterocycles. The molecule has 27 heavy (non-hydrogen) atoms. The van der Waals surface area contributed by atoms with Gasteiger partial charge < -0.3 is 4.90 Å². The number of amides is 2. The van der Waals surface area contributed by atoms with E-state index < -0.39 is 27.6 Å². The second-order valence-electron chi connectivity index (χ2n) is 7.86. The van der Waals surface area contributed by atoms with Crippen molar-refractivity contribution in [3.05, 3.63) is 35.4 Å². The zero-order chi connectivity index (χ0) is 19.2. The van der Waals surface area contributed by atoms with Gasteiger partial charge in [-0.25, -0.2) is 4.72 Å². The molecule has 0 spiro atoms. The van der Waals surface area contributed by atoms with Crippen molar-refractivity contribution in [2.75, 3.05) is 19.6 Å². The fourth-order valence-corrected chi connectivity index (χ4v) is 5.99. The molecule has 7 nitrogen and oxygen atoms in total. The minimum absolute atomic E-state index is 0.0304. The van der Waals surface area contributed by atoms with Gasteiger partial charge in [0.2, 0.25) is 5.91 Å². The molecule has 1 aromatic rings. The number of fused-ring (bicyclic) bond motifs is 1. The van der Waals surface area contributed by atoms with E-state index in [0.717, 1.165) is 43.2 Å². The van der Waals surface area contributed by atoms with E-state index in [2.05, 4.69) is 0 Å². The maximum atomic E-state index is 13.6. The SMILES string of the molecule is Cc1ccc(C2(C(=O)N3CCN4C(C3)C(=O)NS4(=O)=O)CCCCC2)cc1. The van der Waals surface area contributed by atoms with Gasteiger partial charge in [-0.3, -0.25) is 9.59 Å². The first-order valence-electron chi connectivity index (χ1n) is 9.53. The zero-order valence-corrected chi connectivity index (χ0v) is 16.3. The Morgan fingerprint density at radius 2 is 1.78 bits per heavy atom. The molecule has 3 fully saturated rings. The summed E-state index contributed by atoms with van der Waals surface area (Å²) >= 11 is 0. The maximum absolute atomic E-state index is 13.6. The predicted molar refractivity (Wildman–Crippen MR) is 100 cm³/mol. The van der Waals surface area contributed by atoms with Crippen LogP contribution in [0.4, 0.5) is 0 Å². The molecule has 1 aromatic carbocycles. The molecule has 1 saturated carbocycles. The summed E-state index contributed by atoms with van der Waals surface area (Å²) < 4.78 is 27.2. The van der Waals surface area contributed by atoms with Crippen LogP contribution in [0, 0.1) is 6.92 Å².